The van der Waals surface area contributed by atoms with Gasteiger partial charge < -0.3 is 4.74 Å². The Bertz CT molecular complexity index is 150. The Hall–Kier alpha value is -0.790. The van der Waals surface area contributed by atoms with E-state index in [0.29, 0.717) is 13.0 Å². The number of carbonyl (C=O) groups is 1. The minimum absolute atomic E-state index is 0.116. The van der Waals surface area contributed by atoms with Crippen LogP contribution in [0, 0.1) is 0 Å². The Morgan fingerprint density at radius 2 is 2.08 bits per heavy atom. The smallest absolute Gasteiger partial charge is 0.309 e. The Morgan fingerprint density at radius 1 is 1.31 bits per heavy atom. The van der Waals surface area contributed by atoms with Crippen LogP contribution in [-0.2, 0) is 9.53 Å². The molecule has 0 fully saturated rings. The van der Waals surface area contributed by atoms with Crippen molar-refractivity contribution in [2.45, 2.75) is 46.0 Å². The van der Waals surface area contributed by atoms with Crippen LogP contribution in [0.25, 0.3) is 0 Å². The van der Waals surface area contributed by atoms with Crippen molar-refractivity contribution >= 4 is 5.97 Å². The molecule has 0 N–H and O–H groups in total. The number of allylic oxidation sites excluding steroid dienone is 1. The molecule has 76 valence electrons. The predicted molar refractivity (Wildman–Crippen MR) is 54.5 cm³/mol. The minimum Gasteiger partial charge on any atom is -0.465 e. The summed E-state index contributed by atoms with van der Waals surface area (Å²) < 4.78 is 5.00. The van der Waals surface area contributed by atoms with Crippen molar-refractivity contribution in [3.8, 4) is 0 Å². The van der Waals surface area contributed by atoms with Gasteiger partial charge >= 0.3 is 5.97 Å². The molecule has 0 atom stereocenters. The van der Waals surface area contributed by atoms with Crippen molar-refractivity contribution in [1.29, 1.82) is 0 Å². The van der Waals surface area contributed by atoms with Crippen LogP contribution in [-0.4, -0.2) is 12.6 Å². The third-order valence-electron chi connectivity index (χ3n) is 1.78. The van der Waals surface area contributed by atoms with Gasteiger partial charge in [-0.25, -0.2) is 0 Å². The van der Waals surface area contributed by atoms with E-state index in [9.17, 15) is 4.79 Å². The molecule has 2 heteroatoms. The molecular formula is C11H20O2. The molecule has 0 unspecified atom stereocenters. The van der Waals surface area contributed by atoms with Crippen molar-refractivity contribution in [1.82, 2.24) is 0 Å². The summed E-state index contributed by atoms with van der Waals surface area (Å²) in [5, 5.41) is 0. The van der Waals surface area contributed by atoms with E-state index in [0.717, 1.165) is 12.8 Å². The van der Waals surface area contributed by atoms with Crippen LogP contribution in [0.5, 0.6) is 0 Å². The molecule has 0 aliphatic heterocycles. The van der Waals surface area contributed by atoms with Gasteiger partial charge in [-0.15, -0.1) is 0 Å². The fraction of sp³-hybridized carbons (Fsp3) is 0.727. The highest BCUT2D eigenvalue weighted by atomic mass is 16.5. The van der Waals surface area contributed by atoms with Gasteiger partial charge in [-0.1, -0.05) is 38.3 Å². The fourth-order valence-electron chi connectivity index (χ4n) is 0.988. The average Bonchev–Trinajstić information content (AvgIpc) is 2.14. The van der Waals surface area contributed by atoms with E-state index < -0.39 is 0 Å². The lowest BCUT2D eigenvalue weighted by molar-refractivity contribution is -0.142. The second kappa shape index (κ2) is 9.30. The molecule has 0 aliphatic carbocycles. The van der Waals surface area contributed by atoms with Gasteiger partial charge in [0.1, 0.15) is 0 Å². The normalized spacial score (nSPS) is 10.6. The SMILES string of the molecule is CC=CCC(=O)OCCCCCC. The highest BCUT2D eigenvalue weighted by Gasteiger charge is 1.97. The van der Waals surface area contributed by atoms with Crippen molar-refractivity contribution < 1.29 is 9.53 Å². The molecule has 0 bridgehead atoms. The van der Waals surface area contributed by atoms with E-state index in [1.807, 2.05) is 19.1 Å². The molecule has 0 spiro atoms. The molecule has 0 radical (unpaired) electrons. The molecule has 0 saturated carbocycles. The Labute approximate surface area is 81.0 Å². The van der Waals surface area contributed by atoms with Crippen LogP contribution in [0.2, 0.25) is 0 Å². The summed E-state index contributed by atoms with van der Waals surface area (Å²) in [4.78, 5) is 11.0. The molecule has 0 heterocycles. The van der Waals surface area contributed by atoms with Crippen LogP contribution in [0.3, 0.4) is 0 Å². The van der Waals surface area contributed by atoms with E-state index in [-0.39, 0.29) is 5.97 Å². The summed E-state index contributed by atoms with van der Waals surface area (Å²) in [6, 6.07) is 0. The van der Waals surface area contributed by atoms with Crippen LogP contribution < -0.4 is 0 Å². The van der Waals surface area contributed by atoms with E-state index in [2.05, 4.69) is 6.92 Å². The molecule has 0 aromatic rings. The highest BCUT2D eigenvalue weighted by molar-refractivity contribution is 5.71. The first-order valence-corrected chi connectivity index (χ1v) is 5.08. The number of carbonyl (C=O) groups excluding carboxylic acids is 1. The maximum atomic E-state index is 11.0. The van der Waals surface area contributed by atoms with E-state index in [1.54, 1.807) is 0 Å². The molecule has 0 aromatic carbocycles. The molecule has 0 saturated heterocycles. The first-order valence-electron chi connectivity index (χ1n) is 5.08. The van der Waals surface area contributed by atoms with E-state index in [1.165, 1.54) is 12.8 Å². The molecular weight excluding hydrogens is 164 g/mol. The van der Waals surface area contributed by atoms with Gasteiger partial charge in [0.2, 0.25) is 0 Å². The lowest BCUT2D eigenvalue weighted by Gasteiger charge is -2.01. The predicted octanol–water partition coefficient (Wildman–Crippen LogP) is 3.08. The van der Waals surface area contributed by atoms with Gasteiger partial charge in [-0.2, -0.15) is 0 Å². The van der Waals surface area contributed by atoms with Gasteiger partial charge in [0, 0.05) is 0 Å². The number of hydrogen-bond donors (Lipinski definition) is 0. The zero-order chi connectivity index (χ0) is 9.94. The second-order valence-electron chi connectivity index (χ2n) is 3.05. The van der Waals surface area contributed by atoms with Gasteiger partial charge in [0.25, 0.3) is 0 Å². The molecule has 0 aliphatic rings. The second-order valence-corrected chi connectivity index (χ2v) is 3.05. The molecule has 0 amide bonds. The molecule has 2 nitrogen and oxygen atoms in total. The number of esters is 1. The Morgan fingerprint density at radius 3 is 2.69 bits per heavy atom. The Balaban J connectivity index is 3.17. The van der Waals surface area contributed by atoms with E-state index >= 15 is 0 Å². The summed E-state index contributed by atoms with van der Waals surface area (Å²) in [6.45, 7) is 4.64. The topological polar surface area (TPSA) is 26.3 Å². The number of hydrogen-bond acceptors (Lipinski definition) is 2. The van der Waals surface area contributed by atoms with Crippen molar-refractivity contribution in [2.24, 2.45) is 0 Å². The zero-order valence-electron chi connectivity index (χ0n) is 8.71. The Kier molecular flexibility index (Phi) is 8.73. The first-order chi connectivity index (χ1) is 6.31. The van der Waals surface area contributed by atoms with E-state index in [4.69, 9.17) is 4.74 Å². The quantitative estimate of drug-likeness (QED) is 0.345. The zero-order valence-corrected chi connectivity index (χ0v) is 8.71. The van der Waals surface area contributed by atoms with Crippen molar-refractivity contribution in [3.63, 3.8) is 0 Å². The van der Waals surface area contributed by atoms with Crippen LogP contribution >= 0.6 is 0 Å². The third kappa shape index (κ3) is 9.12. The molecule has 0 rings (SSSR count). The largest absolute Gasteiger partial charge is 0.465 e. The van der Waals surface area contributed by atoms with Gasteiger partial charge in [0.05, 0.1) is 13.0 Å². The van der Waals surface area contributed by atoms with Crippen LogP contribution in [0.15, 0.2) is 12.2 Å². The number of ether oxygens (including phenoxy) is 1. The average molecular weight is 184 g/mol. The van der Waals surface area contributed by atoms with Gasteiger partial charge in [-0.05, 0) is 13.3 Å². The summed E-state index contributed by atoms with van der Waals surface area (Å²) in [6.07, 6.45) is 8.68. The lowest BCUT2D eigenvalue weighted by atomic mass is 10.2. The van der Waals surface area contributed by atoms with Gasteiger partial charge in [0.15, 0.2) is 0 Å². The van der Waals surface area contributed by atoms with Crippen LogP contribution in [0.4, 0.5) is 0 Å². The summed E-state index contributed by atoms with van der Waals surface area (Å²) >= 11 is 0. The monoisotopic (exact) mass is 184 g/mol. The number of unbranched alkanes of at least 4 members (excludes halogenated alkanes) is 3. The summed E-state index contributed by atoms with van der Waals surface area (Å²) in [5.74, 6) is -0.116. The van der Waals surface area contributed by atoms with Crippen molar-refractivity contribution in [3.05, 3.63) is 12.2 Å². The molecule has 0 aromatic heterocycles. The van der Waals surface area contributed by atoms with Crippen LogP contribution in [0.1, 0.15) is 46.0 Å². The number of rotatable bonds is 7. The summed E-state index contributed by atoms with van der Waals surface area (Å²) in [5.41, 5.74) is 0. The lowest BCUT2D eigenvalue weighted by Crippen LogP contribution is -2.04. The third-order valence-corrected chi connectivity index (χ3v) is 1.78. The standard InChI is InChI=1S/C11H20O2/c1-3-5-7-8-10-13-11(12)9-6-4-2/h4,6H,3,5,7-10H2,1-2H3. The highest BCUT2D eigenvalue weighted by Crippen LogP contribution is 1.99. The maximum absolute atomic E-state index is 11.0. The maximum Gasteiger partial charge on any atom is 0.309 e. The molecule has 13 heavy (non-hydrogen) atoms. The minimum atomic E-state index is -0.116. The van der Waals surface area contributed by atoms with Gasteiger partial charge in [-0.3, -0.25) is 4.79 Å². The first kappa shape index (κ1) is 12.2. The van der Waals surface area contributed by atoms with Crippen molar-refractivity contribution in [2.75, 3.05) is 6.61 Å². The fourth-order valence-corrected chi connectivity index (χ4v) is 0.988. The summed E-state index contributed by atoms with van der Waals surface area (Å²) in [7, 11) is 0.